The summed E-state index contributed by atoms with van der Waals surface area (Å²) in [7, 11) is 0. The summed E-state index contributed by atoms with van der Waals surface area (Å²) in [6.07, 6.45) is 0.533. The van der Waals surface area contributed by atoms with Crippen molar-refractivity contribution in [3.63, 3.8) is 0 Å². The summed E-state index contributed by atoms with van der Waals surface area (Å²) in [5.74, 6) is -3.20. The number of hydrogen-bond donors (Lipinski definition) is 1. The van der Waals surface area contributed by atoms with Gasteiger partial charge in [-0.05, 0) is 36.2 Å². The maximum Gasteiger partial charge on any atom is 0.288 e. The fourth-order valence-electron chi connectivity index (χ4n) is 1.93. The minimum atomic E-state index is -2.55. The molecule has 0 radical (unpaired) electrons. The van der Waals surface area contributed by atoms with Crippen LogP contribution < -0.4 is 5.32 Å². The second kappa shape index (κ2) is 7.89. The number of hydrogen-bond acceptors (Lipinski definition) is 2. The summed E-state index contributed by atoms with van der Waals surface area (Å²) >= 11 is 0.386. The third-order valence-electron chi connectivity index (χ3n) is 2.91. The van der Waals surface area contributed by atoms with Crippen molar-refractivity contribution in [2.24, 2.45) is 0 Å². The molecule has 0 aromatic heterocycles. The maximum atomic E-state index is 13.0. The molecule has 2 nitrogen and oxygen atoms in total. The van der Waals surface area contributed by atoms with Crippen LogP contribution in [0.15, 0.2) is 53.4 Å². The number of amides is 1. The van der Waals surface area contributed by atoms with Gasteiger partial charge in [0, 0.05) is 11.3 Å². The Morgan fingerprint density at radius 2 is 1.91 bits per heavy atom. The van der Waals surface area contributed by atoms with Crippen LogP contribution in [0.5, 0.6) is 0 Å². The number of anilines is 1. The first-order chi connectivity index (χ1) is 10.5. The van der Waals surface area contributed by atoms with Crippen molar-refractivity contribution >= 4 is 23.4 Å². The highest BCUT2D eigenvalue weighted by atomic mass is 32.2. The van der Waals surface area contributed by atoms with Gasteiger partial charge in [-0.1, -0.05) is 36.0 Å². The van der Waals surface area contributed by atoms with Crippen molar-refractivity contribution in [3.05, 3.63) is 59.9 Å². The number of halogens is 3. The predicted octanol–water partition coefficient (Wildman–Crippen LogP) is 4.71. The molecule has 0 bridgehead atoms. The van der Waals surface area contributed by atoms with E-state index >= 15 is 0 Å². The van der Waals surface area contributed by atoms with E-state index in [4.69, 9.17) is 0 Å². The Hall–Kier alpha value is -1.95. The first-order valence-corrected chi connectivity index (χ1v) is 7.50. The molecule has 1 N–H and O–H groups in total. The van der Waals surface area contributed by atoms with E-state index in [2.05, 4.69) is 5.32 Å². The number of para-hydroxylation sites is 1. The van der Waals surface area contributed by atoms with Crippen LogP contribution in [-0.2, 0) is 11.2 Å². The van der Waals surface area contributed by atoms with E-state index in [9.17, 15) is 18.0 Å². The van der Waals surface area contributed by atoms with E-state index in [0.717, 1.165) is 0 Å². The second-order valence-electron chi connectivity index (χ2n) is 4.55. The van der Waals surface area contributed by atoms with E-state index in [0.29, 0.717) is 34.3 Å². The number of alkyl halides is 2. The molecule has 0 fully saturated rings. The van der Waals surface area contributed by atoms with Gasteiger partial charge in [-0.25, -0.2) is 4.39 Å². The average Bonchev–Trinajstić information content (AvgIpc) is 2.47. The fourth-order valence-corrected chi connectivity index (χ4v) is 2.53. The van der Waals surface area contributed by atoms with Gasteiger partial charge in [0.15, 0.2) is 0 Å². The van der Waals surface area contributed by atoms with Crippen LogP contribution in [0.1, 0.15) is 12.0 Å². The summed E-state index contributed by atoms with van der Waals surface area (Å²) in [5.41, 5.74) is 1.07. The van der Waals surface area contributed by atoms with Gasteiger partial charge in [-0.15, -0.1) is 0 Å². The van der Waals surface area contributed by atoms with Gasteiger partial charge in [-0.3, -0.25) is 4.79 Å². The molecule has 2 aromatic rings. The van der Waals surface area contributed by atoms with Crippen LogP contribution in [0.25, 0.3) is 0 Å². The van der Waals surface area contributed by atoms with Crippen molar-refractivity contribution in [1.82, 2.24) is 0 Å². The molecule has 116 valence electrons. The number of benzene rings is 2. The lowest BCUT2D eigenvalue weighted by Gasteiger charge is -2.10. The van der Waals surface area contributed by atoms with Crippen molar-refractivity contribution < 1.29 is 18.0 Å². The molecule has 2 rings (SSSR count). The summed E-state index contributed by atoms with van der Waals surface area (Å²) in [6.45, 7) is 0. The molecule has 6 heteroatoms. The van der Waals surface area contributed by atoms with Crippen molar-refractivity contribution in [1.29, 1.82) is 0 Å². The van der Waals surface area contributed by atoms with E-state index in [1.807, 2.05) is 0 Å². The SMILES string of the molecule is O=C(CCc1cccc(F)c1)Nc1ccccc1SC(F)F. The normalized spacial score (nSPS) is 10.7. The predicted molar refractivity (Wildman–Crippen MR) is 81.7 cm³/mol. The van der Waals surface area contributed by atoms with Gasteiger partial charge in [0.1, 0.15) is 5.82 Å². The van der Waals surface area contributed by atoms with Gasteiger partial charge >= 0.3 is 0 Å². The first kappa shape index (κ1) is 16.4. The number of carbonyl (C=O) groups is 1. The number of aryl methyl sites for hydroxylation is 1. The van der Waals surface area contributed by atoms with Crippen molar-refractivity contribution in [2.45, 2.75) is 23.5 Å². The zero-order valence-corrected chi connectivity index (χ0v) is 12.4. The first-order valence-electron chi connectivity index (χ1n) is 6.63. The zero-order valence-electron chi connectivity index (χ0n) is 11.6. The van der Waals surface area contributed by atoms with E-state index < -0.39 is 5.76 Å². The van der Waals surface area contributed by atoms with Crippen molar-refractivity contribution in [2.75, 3.05) is 5.32 Å². The Morgan fingerprint density at radius 3 is 2.64 bits per heavy atom. The molecular weight excluding hydrogens is 311 g/mol. The lowest BCUT2D eigenvalue weighted by molar-refractivity contribution is -0.116. The molecule has 0 unspecified atom stereocenters. The lowest BCUT2D eigenvalue weighted by Crippen LogP contribution is -2.13. The highest BCUT2D eigenvalue weighted by molar-refractivity contribution is 7.99. The Morgan fingerprint density at radius 1 is 1.14 bits per heavy atom. The summed E-state index contributed by atoms with van der Waals surface area (Å²) in [5, 5.41) is 2.61. The monoisotopic (exact) mass is 325 g/mol. The van der Waals surface area contributed by atoms with Crippen LogP contribution in [-0.4, -0.2) is 11.7 Å². The Kier molecular flexibility index (Phi) is 5.89. The molecule has 0 aliphatic carbocycles. The number of carbonyl (C=O) groups excluding carboxylic acids is 1. The van der Waals surface area contributed by atoms with Gasteiger partial charge in [0.05, 0.1) is 5.69 Å². The van der Waals surface area contributed by atoms with Gasteiger partial charge in [0.2, 0.25) is 5.91 Å². The van der Waals surface area contributed by atoms with Gasteiger partial charge in [0.25, 0.3) is 5.76 Å². The van der Waals surface area contributed by atoms with Crippen LogP contribution in [0.4, 0.5) is 18.9 Å². The number of thioether (sulfide) groups is 1. The van der Waals surface area contributed by atoms with Crippen LogP contribution in [0.2, 0.25) is 0 Å². The number of rotatable bonds is 6. The lowest BCUT2D eigenvalue weighted by atomic mass is 10.1. The van der Waals surface area contributed by atoms with Crippen LogP contribution in [0.3, 0.4) is 0 Å². The molecule has 22 heavy (non-hydrogen) atoms. The second-order valence-corrected chi connectivity index (χ2v) is 5.58. The van der Waals surface area contributed by atoms with Gasteiger partial charge in [-0.2, -0.15) is 8.78 Å². The fraction of sp³-hybridized carbons (Fsp3) is 0.188. The smallest absolute Gasteiger partial charge is 0.288 e. The molecule has 1 amide bonds. The molecule has 0 saturated carbocycles. The van der Waals surface area contributed by atoms with E-state index in [1.54, 1.807) is 30.3 Å². The largest absolute Gasteiger partial charge is 0.325 e. The maximum absolute atomic E-state index is 13.0. The molecule has 0 saturated heterocycles. The van der Waals surface area contributed by atoms with E-state index in [-0.39, 0.29) is 18.1 Å². The van der Waals surface area contributed by atoms with E-state index in [1.165, 1.54) is 18.2 Å². The molecular formula is C16H14F3NOS. The Balaban J connectivity index is 1.95. The van der Waals surface area contributed by atoms with Crippen LogP contribution >= 0.6 is 11.8 Å². The summed E-state index contributed by atoms with van der Waals surface area (Å²) in [4.78, 5) is 12.2. The molecule has 0 spiro atoms. The zero-order chi connectivity index (χ0) is 15.9. The molecule has 2 aromatic carbocycles. The summed E-state index contributed by atoms with van der Waals surface area (Å²) in [6, 6.07) is 12.4. The summed E-state index contributed by atoms with van der Waals surface area (Å²) < 4.78 is 38.0. The molecule has 0 aliphatic rings. The molecule has 0 aliphatic heterocycles. The Labute approximate surface area is 130 Å². The highest BCUT2D eigenvalue weighted by Gasteiger charge is 2.11. The van der Waals surface area contributed by atoms with Gasteiger partial charge < -0.3 is 5.32 Å². The Bertz CT molecular complexity index is 649. The van der Waals surface area contributed by atoms with Crippen LogP contribution in [0, 0.1) is 5.82 Å². The average molecular weight is 325 g/mol. The molecule has 0 heterocycles. The standard InChI is InChI=1S/C16H14F3NOS/c17-12-5-3-4-11(10-12)8-9-15(21)20-13-6-1-2-7-14(13)22-16(18)19/h1-7,10,16H,8-9H2,(H,20,21). The quantitative estimate of drug-likeness (QED) is 0.779. The third kappa shape index (κ3) is 5.11. The highest BCUT2D eigenvalue weighted by Crippen LogP contribution is 2.31. The topological polar surface area (TPSA) is 29.1 Å². The third-order valence-corrected chi connectivity index (χ3v) is 3.70. The molecule has 0 atom stereocenters. The number of nitrogens with one attached hydrogen (secondary N) is 1. The van der Waals surface area contributed by atoms with Crippen molar-refractivity contribution in [3.8, 4) is 0 Å². The minimum Gasteiger partial charge on any atom is -0.325 e. The minimum absolute atomic E-state index is 0.150.